The Morgan fingerprint density at radius 2 is 2.07 bits per heavy atom. The number of anilines is 1. The number of hydrogen-bond acceptors (Lipinski definition) is 3. The summed E-state index contributed by atoms with van der Waals surface area (Å²) in [5.41, 5.74) is 0. The van der Waals surface area contributed by atoms with E-state index < -0.39 is 0 Å². The minimum Gasteiger partial charge on any atom is -0.355 e. The predicted molar refractivity (Wildman–Crippen MR) is 65.3 cm³/mol. The summed E-state index contributed by atoms with van der Waals surface area (Å²) in [6.07, 6.45) is 3.06. The fraction of sp³-hybridized carbons (Fsp3) is 0.583. The highest BCUT2D eigenvalue weighted by Gasteiger charge is 2.08. The Balaban J connectivity index is 0.000000531. The fourth-order valence-electron chi connectivity index (χ4n) is 1.62. The van der Waals surface area contributed by atoms with Gasteiger partial charge in [-0.1, -0.05) is 19.9 Å². The van der Waals surface area contributed by atoms with E-state index >= 15 is 0 Å². The maximum atomic E-state index is 4.34. The highest BCUT2D eigenvalue weighted by Crippen LogP contribution is 2.09. The Kier molecular flexibility index (Phi) is 5.78. The highest BCUT2D eigenvalue weighted by molar-refractivity contribution is 5.37. The van der Waals surface area contributed by atoms with Gasteiger partial charge in [0.25, 0.3) is 0 Å². The van der Waals surface area contributed by atoms with Crippen molar-refractivity contribution in [2.75, 3.05) is 31.1 Å². The van der Waals surface area contributed by atoms with Gasteiger partial charge in [-0.2, -0.15) is 0 Å². The topological polar surface area (TPSA) is 28.2 Å². The molecule has 0 saturated carbocycles. The van der Waals surface area contributed by atoms with Crippen LogP contribution < -0.4 is 10.2 Å². The lowest BCUT2D eigenvalue weighted by Crippen LogP contribution is -2.28. The normalized spacial score (nSPS) is 16.3. The minimum atomic E-state index is 1.07. The van der Waals surface area contributed by atoms with Crippen molar-refractivity contribution in [3.63, 3.8) is 0 Å². The van der Waals surface area contributed by atoms with Crippen LogP contribution in [-0.2, 0) is 0 Å². The van der Waals surface area contributed by atoms with Gasteiger partial charge in [0.05, 0.1) is 0 Å². The molecule has 0 spiro atoms. The van der Waals surface area contributed by atoms with Gasteiger partial charge in [0.15, 0.2) is 0 Å². The Morgan fingerprint density at radius 3 is 2.80 bits per heavy atom. The van der Waals surface area contributed by atoms with Gasteiger partial charge in [-0.3, -0.25) is 0 Å². The molecule has 15 heavy (non-hydrogen) atoms. The van der Waals surface area contributed by atoms with Crippen molar-refractivity contribution in [2.45, 2.75) is 20.3 Å². The lowest BCUT2D eigenvalue weighted by molar-refractivity contribution is 0.724. The van der Waals surface area contributed by atoms with Crippen LogP contribution in [0.4, 0.5) is 5.82 Å². The molecule has 1 aliphatic rings. The molecule has 0 amide bonds. The number of pyridine rings is 1. The number of nitrogens with one attached hydrogen (secondary N) is 1. The van der Waals surface area contributed by atoms with Crippen molar-refractivity contribution in [3.05, 3.63) is 24.4 Å². The molecule has 1 saturated heterocycles. The first-order chi connectivity index (χ1) is 7.47. The zero-order valence-electron chi connectivity index (χ0n) is 9.74. The van der Waals surface area contributed by atoms with Crippen LogP contribution in [0, 0.1) is 0 Å². The van der Waals surface area contributed by atoms with E-state index in [1.165, 1.54) is 6.42 Å². The lowest BCUT2D eigenvalue weighted by atomic mass is 10.3. The van der Waals surface area contributed by atoms with Gasteiger partial charge in [0.2, 0.25) is 0 Å². The summed E-state index contributed by atoms with van der Waals surface area (Å²) in [6.45, 7) is 8.38. The van der Waals surface area contributed by atoms with Crippen molar-refractivity contribution in [2.24, 2.45) is 0 Å². The first-order valence-electron chi connectivity index (χ1n) is 5.83. The zero-order valence-corrected chi connectivity index (χ0v) is 9.74. The van der Waals surface area contributed by atoms with Crippen molar-refractivity contribution in [3.8, 4) is 0 Å². The summed E-state index contributed by atoms with van der Waals surface area (Å²) in [5, 5.41) is 3.38. The second-order valence-electron chi connectivity index (χ2n) is 3.28. The third kappa shape index (κ3) is 3.88. The molecule has 0 radical (unpaired) electrons. The van der Waals surface area contributed by atoms with Crippen LogP contribution in [0.15, 0.2) is 24.4 Å². The maximum Gasteiger partial charge on any atom is 0.128 e. The second kappa shape index (κ2) is 7.23. The van der Waals surface area contributed by atoms with Crippen LogP contribution in [0.3, 0.4) is 0 Å². The Bertz CT molecular complexity index is 240. The van der Waals surface area contributed by atoms with Crippen LogP contribution >= 0.6 is 0 Å². The Morgan fingerprint density at radius 1 is 1.20 bits per heavy atom. The van der Waals surface area contributed by atoms with Gasteiger partial charge < -0.3 is 10.2 Å². The highest BCUT2D eigenvalue weighted by atomic mass is 15.2. The molecule has 1 N–H and O–H groups in total. The molecule has 0 aromatic carbocycles. The van der Waals surface area contributed by atoms with Crippen LogP contribution in [0.5, 0.6) is 0 Å². The van der Waals surface area contributed by atoms with Crippen LogP contribution in [-0.4, -0.2) is 31.2 Å². The Hall–Kier alpha value is -1.09. The average molecular weight is 207 g/mol. The summed E-state index contributed by atoms with van der Waals surface area (Å²) in [6, 6.07) is 6.07. The van der Waals surface area contributed by atoms with Gasteiger partial charge in [0.1, 0.15) is 5.82 Å². The van der Waals surface area contributed by atoms with Gasteiger partial charge in [-0.05, 0) is 25.1 Å². The summed E-state index contributed by atoms with van der Waals surface area (Å²) < 4.78 is 0. The molecule has 1 aromatic heterocycles. The van der Waals surface area contributed by atoms with E-state index in [9.17, 15) is 0 Å². The molecule has 3 nitrogen and oxygen atoms in total. The summed E-state index contributed by atoms with van der Waals surface area (Å²) >= 11 is 0. The lowest BCUT2D eigenvalue weighted by Gasteiger charge is -2.20. The van der Waals surface area contributed by atoms with Gasteiger partial charge >= 0.3 is 0 Å². The van der Waals surface area contributed by atoms with E-state index in [1.54, 1.807) is 0 Å². The number of rotatable bonds is 1. The molecule has 2 rings (SSSR count). The molecular weight excluding hydrogens is 186 g/mol. The number of hydrogen-bond donors (Lipinski definition) is 1. The van der Waals surface area contributed by atoms with E-state index in [0.717, 1.165) is 32.0 Å². The number of nitrogens with zero attached hydrogens (tertiary/aromatic N) is 2. The van der Waals surface area contributed by atoms with Crippen molar-refractivity contribution in [1.82, 2.24) is 10.3 Å². The van der Waals surface area contributed by atoms with E-state index in [1.807, 2.05) is 32.2 Å². The monoisotopic (exact) mass is 207 g/mol. The maximum absolute atomic E-state index is 4.34. The summed E-state index contributed by atoms with van der Waals surface area (Å²) in [4.78, 5) is 6.68. The van der Waals surface area contributed by atoms with Gasteiger partial charge in [-0.25, -0.2) is 4.98 Å². The third-order valence-electron chi connectivity index (χ3n) is 2.31. The largest absolute Gasteiger partial charge is 0.355 e. The van der Waals surface area contributed by atoms with Crippen LogP contribution in [0.25, 0.3) is 0 Å². The van der Waals surface area contributed by atoms with Crippen LogP contribution in [0.2, 0.25) is 0 Å². The molecule has 0 atom stereocenters. The molecule has 1 aliphatic heterocycles. The third-order valence-corrected chi connectivity index (χ3v) is 2.31. The SMILES string of the molecule is CC.c1ccc(N2CCCNCC2)nc1. The smallest absolute Gasteiger partial charge is 0.128 e. The fourth-order valence-corrected chi connectivity index (χ4v) is 1.62. The minimum absolute atomic E-state index is 1.07. The quantitative estimate of drug-likeness (QED) is 0.762. The van der Waals surface area contributed by atoms with E-state index in [4.69, 9.17) is 0 Å². The first-order valence-corrected chi connectivity index (χ1v) is 5.83. The molecular formula is C12H21N3. The van der Waals surface area contributed by atoms with Crippen LogP contribution in [0.1, 0.15) is 20.3 Å². The number of aromatic nitrogens is 1. The Labute approximate surface area is 92.5 Å². The van der Waals surface area contributed by atoms with Gasteiger partial charge in [-0.15, -0.1) is 0 Å². The predicted octanol–water partition coefficient (Wildman–Crippen LogP) is 1.91. The zero-order chi connectivity index (χ0) is 10.9. The molecule has 0 bridgehead atoms. The van der Waals surface area contributed by atoms with Gasteiger partial charge in [0, 0.05) is 25.8 Å². The van der Waals surface area contributed by atoms with E-state index in [0.29, 0.717) is 0 Å². The summed E-state index contributed by atoms with van der Waals surface area (Å²) in [5.74, 6) is 1.10. The summed E-state index contributed by atoms with van der Waals surface area (Å²) in [7, 11) is 0. The second-order valence-corrected chi connectivity index (χ2v) is 3.28. The molecule has 0 aliphatic carbocycles. The molecule has 84 valence electrons. The van der Waals surface area contributed by atoms with Crippen molar-refractivity contribution < 1.29 is 0 Å². The standard InChI is InChI=1S/C10H15N3.C2H6/c1-2-6-12-10(4-1)13-8-3-5-11-7-9-13;1-2/h1-2,4,6,11H,3,5,7-9H2;1-2H3. The average Bonchev–Trinajstić information content (AvgIpc) is 2.61. The molecule has 3 heteroatoms. The van der Waals surface area contributed by atoms with E-state index in [2.05, 4.69) is 21.3 Å². The first kappa shape index (κ1) is 12.0. The van der Waals surface area contributed by atoms with Crippen molar-refractivity contribution >= 4 is 5.82 Å². The molecule has 1 fully saturated rings. The molecule has 2 heterocycles. The molecule has 0 unspecified atom stereocenters. The van der Waals surface area contributed by atoms with E-state index in [-0.39, 0.29) is 0 Å². The van der Waals surface area contributed by atoms with Crippen molar-refractivity contribution in [1.29, 1.82) is 0 Å². The molecule has 1 aromatic rings.